The summed E-state index contributed by atoms with van der Waals surface area (Å²) in [5.41, 5.74) is 1.48. The van der Waals surface area contributed by atoms with Gasteiger partial charge in [0.25, 0.3) is 0 Å². The summed E-state index contributed by atoms with van der Waals surface area (Å²) < 4.78 is 0. The Morgan fingerprint density at radius 3 is 2.42 bits per heavy atom. The SMILES string of the molecule is CC1CCN(C(CNC2CC2)c2ccccc2)CC1. The highest BCUT2D eigenvalue weighted by atomic mass is 15.2. The zero-order valence-corrected chi connectivity index (χ0v) is 12.0. The van der Waals surface area contributed by atoms with Gasteiger partial charge in [0.05, 0.1) is 0 Å². The highest BCUT2D eigenvalue weighted by Crippen LogP contribution is 2.27. The minimum absolute atomic E-state index is 0.564. The molecule has 2 nitrogen and oxygen atoms in total. The van der Waals surface area contributed by atoms with Crippen LogP contribution in [0.4, 0.5) is 0 Å². The smallest absolute Gasteiger partial charge is 0.0472 e. The van der Waals surface area contributed by atoms with E-state index in [0.29, 0.717) is 6.04 Å². The number of piperidine rings is 1. The van der Waals surface area contributed by atoms with Crippen LogP contribution in [0.3, 0.4) is 0 Å². The van der Waals surface area contributed by atoms with Gasteiger partial charge in [-0.2, -0.15) is 0 Å². The quantitative estimate of drug-likeness (QED) is 0.872. The minimum Gasteiger partial charge on any atom is -0.312 e. The molecule has 1 aliphatic carbocycles. The predicted molar refractivity (Wildman–Crippen MR) is 80.2 cm³/mol. The third kappa shape index (κ3) is 3.58. The zero-order chi connectivity index (χ0) is 13.1. The second-order valence-electron chi connectivity index (χ2n) is 6.33. The van der Waals surface area contributed by atoms with Crippen molar-refractivity contribution >= 4 is 0 Å². The van der Waals surface area contributed by atoms with Gasteiger partial charge in [0, 0.05) is 18.6 Å². The van der Waals surface area contributed by atoms with Crippen molar-refractivity contribution in [3.63, 3.8) is 0 Å². The van der Waals surface area contributed by atoms with Gasteiger partial charge in [-0.25, -0.2) is 0 Å². The van der Waals surface area contributed by atoms with Gasteiger partial charge in [-0.1, -0.05) is 37.3 Å². The van der Waals surface area contributed by atoms with Crippen molar-refractivity contribution in [2.24, 2.45) is 5.92 Å². The van der Waals surface area contributed by atoms with E-state index in [-0.39, 0.29) is 0 Å². The van der Waals surface area contributed by atoms with Gasteiger partial charge < -0.3 is 5.32 Å². The Hall–Kier alpha value is -0.860. The van der Waals surface area contributed by atoms with E-state index in [9.17, 15) is 0 Å². The van der Waals surface area contributed by atoms with Crippen LogP contribution < -0.4 is 5.32 Å². The van der Waals surface area contributed by atoms with E-state index in [2.05, 4.69) is 47.5 Å². The van der Waals surface area contributed by atoms with E-state index < -0.39 is 0 Å². The maximum Gasteiger partial charge on any atom is 0.0472 e. The van der Waals surface area contributed by atoms with E-state index >= 15 is 0 Å². The van der Waals surface area contributed by atoms with Crippen molar-refractivity contribution in [2.75, 3.05) is 19.6 Å². The molecule has 1 atom stereocenters. The van der Waals surface area contributed by atoms with Crippen LogP contribution in [0.25, 0.3) is 0 Å². The maximum absolute atomic E-state index is 3.72. The molecule has 1 aromatic rings. The second-order valence-corrected chi connectivity index (χ2v) is 6.33. The molecular formula is C17H26N2. The standard InChI is InChI=1S/C17H26N2/c1-14-9-11-19(12-10-14)17(13-18-16-7-8-16)15-5-3-2-4-6-15/h2-6,14,16-18H,7-13H2,1H3. The predicted octanol–water partition coefficient (Wildman–Crippen LogP) is 3.21. The van der Waals surface area contributed by atoms with Gasteiger partial charge in [0.2, 0.25) is 0 Å². The number of nitrogens with one attached hydrogen (secondary N) is 1. The second kappa shape index (κ2) is 6.06. The first-order chi connectivity index (χ1) is 9.33. The van der Waals surface area contributed by atoms with Crippen LogP contribution in [0.1, 0.15) is 44.2 Å². The average Bonchev–Trinajstić information content (AvgIpc) is 3.26. The summed E-state index contributed by atoms with van der Waals surface area (Å²) in [7, 11) is 0. The van der Waals surface area contributed by atoms with Crippen molar-refractivity contribution in [1.29, 1.82) is 0 Å². The summed E-state index contributed by atoms with van der Waals surface area (Å²) in [5, 5.41) is 3.72. The third-order valence-electron chi connectivity index (χ3n) is 4.62. The van der Waals surface area contributed by atoms with Gasteiger partial charge in [0.1, 0.15) is 0 Å². The van der Waals surface area contributed by atoms with Crippen LogP contribution in [0, 0.1) is 5.92 Å². The Balaban J connectivity index is 1.67. The van der Waals surface area contributed by atoms with E-state index in [1.165, 1.54) is 44.3 Å². The lowest BCUT2D eigenvalue weighted by molar-refractivity contribution is 0.135. The zero-order valence-electron chi connectivity index (χ0n) is 12.0. The van der Waals surface area contributed by atoms with Crippen LogP contribution in [-0.4, -0.2) is 30.6 Å². The topological polar surface area (TPSA) is 15.3 Å². The first kappa shape index (κ1) is 13.1. The third-order valence-corrected chi connectivity index (χ3v) is 4.62. The van der Waals surface area contributed by atoms with E-state index in [0.717, 1.165) is 18.5 Å². The number of nitrogens with zero attached hydrogens (tertiary/aromatic N) is 1. The van der Waals surface area contributed by atoms with Crippen LogP contribution in [0.2, 0.25) is 0 Å². The molecule has 1 heterocycles. The van der Waals surface area contributed by atoms with Crippen LogP contribution in [0.5, 0.6) is 0 Å². The normalized spacial score (nSPS) is 23.4. The average molecular weight is 258 g/mol. The van der Waals surface area contributed by atoms with Gasteiger partial charge in [-0.15, -0.1) is 0 Å². The molecule has 1 saturated carbocycles. The summed E-state index contributed by atoms with van der Waals surface area (Å²) in [6.07, 6.45) is 5.45. The molecule has 19 heavy (non-hydrogen) atoms. The lowest BCUT2D eigenvalue weighted by Crippen LogP contribution is -2.41. The molecule has 1 saturated heterocycles. The fourth-order valence-corrected chi connectivity index (χ4v) is 3.04. The highest BCUT2D eigenvalue weighted by Gasteiger charge is 2.27. The molecule has 0 spiro atoms. The molecule has 0 aromatic heterocycles. The largest absolute Gasteiger partial charge is 0.312 e. The number of likely N-dealkylation sites (tertiary alicyclic amines) is 1. The van der Waals surface area contributed by atoms with Crippen molar-refractivity contribution in [1.82, 2.24) is 10.2 Å². The summed E-state index contributed by atoms with van der Waals surface area (Å²) in [6, 6.07) is 12.4. The van der Waals surface area contributed by atoms with Gasteiger partial charge in [0.15, 0.2) is 0 Å². The minimum atomic E-state index is 0.564. The molecule has 0 amide bonds. The fraction of sp³-hybridized carbons (Fsp3) is 0.647. The molecule has 0 radical (unpaired) electrons. The van der Waals surface area contributed by atoms with Gasteiger partial charge in [-0.05, 0) is 50.3 Å². The lowest BCUT2D eigenvalue weighted by atomic mass is 9.95. The van der Waals surface area contributed by atoms with Crippen LogP contribution >= 0.6 is 0 Å². The molecule has 2 aliphatic rings. The molecule has 1 N–H and O–H groups in total. The summed E-state index contributed by atoms with van der Waals surface area (Å²) in [4.78, 5) is 2.69. The summed E-state index contributed by atoms with van der Waals surface area (Å²) >= 11 is 0. The summed E-state index contributed by atoms with van der Waals surface area (Å²) in [6.45, 7) is 6.01. The van der Waals surface area contributed by atoms with Crippen molar-refractivity contribution in [3.05, 3.63) is 35.9 Å². The Morgan fingerprint density at radius 2 is 1.79 bits per heavy atom. The molecule has 1 aliphatic heterocycles. The van der Waals surface area contributed by atoms with E-state index in [1.54, 1.807) is 0 Å². The summed E-state index contributed by atoms with van der Waals surface area (Å²) in [5.74, 6) is 0.907. The maximum atomic E-state index is 3.72. The first-order valence-corrected chi connectivity index (χ1v) is 7.85. The Morgan fingerprint density at radius 1 is 1.11 bits per heavy atom. The monoisotopic (exact) mass is 258 g/mol. The Labute approximate surface area is 117 Å². The van der Waals surface area contributed by atoms with E-state index in [1.807, 2.05) is 0 Å². The Kier molecular flexibility index (Phi) is 4.19. The number of hydrogen-bond acceptors (Lipinski definition) is 2. The number of rotatable bonds is 5. The lowest BCUT2D eigenvalue weighted by Gasteiger charge is -2.37. The molecule has 104 valence electrons. The van der Waals surface area contributed by atoms with Crippen molar-refractivity contribution in [3.8, 4) is 0 Å². The fourth-order valence-electron chi connectivity index (χ4n) is 3.04. The molecule has 2 fully saturated rings. The molecule has 1 unspecified atom stereocenters. The molecule has 3 rings (SSSR count). The number of benzene rings is 1. The van der Waals surface area contributed by atoms with Crippen LogP contribution in [0.15, 0.2) is 30.3 Å². The Bertz CT molecular complexity index is 378. The van der Waals surface area contributed by atoms with Crippen molar-refractivity contribution < 1.29 is 0 Å². The molecule has 1 aromatic carbocycles. The van der Waals surface area contributed by atoms with Gasteiger partial charge in [-0.3, -0.25) is 4.90 Å². The molecular weight excluding hydrogens is 232 g/mol. The van der Waals surface area contributed by atoms with Crippen molar-refractivity contribution in [2.45, 2.75) is 44.7 Å². The molecule has 0 bridgehead atoms. The first-order valence-electron chi connectivity index (χ1n) is 7.85. The molecule has 2 heteroatoms. The number of hydrogen-bond donors (Lipinski definition) is 1. The van der Waals surface area contributed by atoms with Gasteiger partial charge >= 0.3 is 0 Å². The highest BCUT2D eigenvalue weighted by molar-refractivity contribution is 5.19. The van der Waals surface area contributed by atoms with Crippen LogP contribution in [-0.2, 0) is 0 Å². The van der Waals surface area contributed by atoms with E-state index in [4.69, 9.17) is 0 Å².